The molecule has 2 aliphatic rings. The van der Waals surface area contributed by atoms with Crippen LogP contribution in [0.3, 0.4) is 0 Å². The number of nitro benzene ring substituents is 1. The second-order valence-electron chi connectivity index (χ2n) is 7.55. The standard InChI is InChI=1S/C21H21N5O2/c27-26(28)18-8-5-16(6-9-18)21-22-13-24(23-21)14-25(17-10-11-17)20-12-7-15-3-1-2-4-19(15)20/h1-6,8-9,13,17,20H,7,10-12,14H2. The monoisotopic (exact) mass is 375 g/mol. The highest BCUT2D eigenvalue weighted by Crippen LogP contribution is 2.41. The van der Waals surface area contributed by atoms with Gasteiger partial charge < -0.3 is 0 Å². The summed E-state index contributed by atoms with van der Waals surface area (Å²) in [5.74, 6) is 0.595. The van der Waals surface area contributed by atoms with E-state index in [1.165, 1.54) is 36.1 Å². The zero-order valence-corrected chi connectivity index (χ0v) is 15.4. The van der Waals surface area contributed by atoms with E-state index in [0.717, 1.165) is 18.4 Å². The third kappa shape index (κ3) is 3.18. The number of benzene rings is 2. The largest absolute Gasteiger partial charge is 0.274 e. The predicted octanol–water partition coefficient (Wildman–Crippen LogP) is 3.96. The maximum atomic E-state index is 10.8. The van der Waals surface area contributed by atoms with Crippen LogP contribution < -0.4 is 0 Å². The summed E-state index contributed by atoms with van der Waals surface area (Å²) in [5.41, 5.74) is 3.77. The van der Waals surface area contributed by atoms with E-state index in [1.54, 1.807) is 18.5 Å². The summed E-state index contributed by atoms with van der Waals surface area (Å²) in [6.07, 6.45) is 6.52. The molecule has 7 heteroatoms. The van der Waals surface area contributed by atoms with Crippen LogP contribution >= 0.6 is 0 Å². The molecule has 0 saturated heterocycles. The normalized spacial score (nSPS) is 18.4. The first-order chi connectivity index (χ1) is 13.7. The third-order valence-corrected chi connectivity index (χ3v) is 5.70. The summed E-state index contributed by atoms with van der Waals surface area (Å²) in [7, 11) is 0. The zero-order valence-electron chi connectivity index (χ0n) is 15.4. The van der Waals surface area contributed by atoms with Crippen molar-refractivity contribution in [1.82, 2.24) is 19.7 Å². The number of aromatic nitrogens is 3. The minimum absolute atomic E-state index is 0.0722. The van der Waals surface area contributed by atoms with E-state index in [2.05, 4.69) is 39.2 Å². The first-order valence-electron chi connectivity index (χ1n) is 9.67. The molecule has 1 atom stereocenters. The van der Waals surface area contributed by atoms with Crippen LogP contribution in [-0.2, 0) is 13.1 Å². The van der Waals surface area contributed by atoms with Gasteiger partial charge in [0.25, 0.3) is 5.69 Å². The van der Waals surface area contributed by atoms with Crippen LogP contribution in [0, 0.1) is 10.1 Å². The van der Waals surface area contributed by atoms with Crippen molar-refractivity contribution in [2.24, 2.45) is 0 Å². The van der Waals surface area contributed by atoms with Crippen LogP contribution in [0.15, 0.2) is 54.9 Å². The van der Waals surface area contributed by atoms with Crippen molar-refractivity contribution in [2.45, 2.75) is 44.4 Å². The first-order valence-corrected chi connectivity index (χ1v) is 9.67. The Bertz CT molecular complexity index is 1010. The van der Waals surface area contributed by atoms with Crippen LogP contribution in [0.25, 0.3) is 11.4 Å². The molecule has 1 saturated carbocycles. The van der Waals surface area contributed by atoms with Crippen molar-refractivity contribution in [3.05, 3.63) is 76.1 Å². The molecule has 7 nitrogen and oxygen atoms in total. The molecule has 0 bridgehead atoms. The van der Waals surface area contributed by atoms with Crippen LogP contribution in [0.4, 0.5) is 5.69 Å². The smallest absolute Gasteiger partial charge is 0.269 e. The molecule has 1 heterocycles. The third-order valence-electron chi connectivity index (χ3n) is 5.70. The molecule has 0 amide bonds. The lowest BCUT2D eigenvalue weighted by Gasteiger charge is -2.29. The molecule has 1 fully saturated rings. The molecular formula is C21H21N5O2. The van der Waals surface area contributed by atoms with Gasteiger partial charge in [-0.1, -0.05) is 24.3 Å². The minimum Gasteiger partial charge on any atom is -0.274 e. The predicted molar refractivity (Wildman–Crippen MR) is 104 cm³/mol. The van der Waals surface area contributed by atoms with Crippen molar-refractivity contribution < 1.29 is 4.92 Å². The number of non-ortho nitro benzene ring substituents is 1. The molecule has 1 unspecified atom stereocenters. The van der Waals surface area contributed by atoms with Gasteiger partial charge in [0.15, 0.2) is 5.82 Å². The number of fused-ring (bicyclic) bond motifs is 1. The van der Waals surface area contributed by atoms with Crippen molar-refractivity contribution in [3.8, 4) is 11.4 Å². The molecule has 28 heavy (non-hydrogen) atoms. The number of hydrogen-bond acceptors (Lipinski definition) is 5. The zero-order chi connectivity index (χ0) is 19.1. The molecule has 1 aromatic heterocycles. The summed E-state index contributed by atoms with van der Waals surface area (Å²) in [6.45, 7) is 0.712. The second kappa shape index (κ2) is 6.83. The Labute approximate surface area is 162 Å². The maximum Gasteiger partial charge on any atom is 0.269 e. The van der Waals surface area contributed by atoms with Crippen LogP contribution in [-0.4, -0.2) is 30.6 Å². The molecule has 0 N–H and O–H groups in total. The van der Waals surface area contributed by atoms with Gasteiger partial charge in [-0.15, -0.1) is 5.10 Å². The van der Waals surface area contributed by atoms with Gasteiger partial charge in [0.1, 0.15) is 6.33 Å². The van der Waals surface area contributed by atoms with Gasteiger partial charge in [0.2, 0.25) is 0 Å². The number of nitrogens with zero attached hydrogens (tertiary/aromatic N) is 5. The molecule has 2 aliphatic carbocycles. The van der Waals surface area contributed by atoms with Crippen molar-refractivity contribution in [1.29, 1.82) is 0 Å². The highest BCUT2D eigenvalue weighted by Gasteiger charge is 2.37. The lowest BCUT2D eigenvalue weighted by molar-refractivity contribution is -0.384. The van der Waals surface area contributed by atoms with Gasteiger partial charge in [-0.2, -0.15) is 0 Å². The van der Waals surface area contributed by atoms with E-state index >= 15 is 0 Å². The van der Waals surface area contributed by atoms with Gasteiger partial charge >= 0.3 is 0 Å². The Morgan fingerprint density at radius 1 is 1.11 bits per heavy atom. The van der Waals surface area contributed by atoms with E-state index in [4.69, 9.17) is 0 Å². The van der Waals surface area contributed by atoms with Crippen molar-refractivity contribution in [3.63, 3.8) is 0 Å². The second-order valence-corrected chi connectivity index (χ2v) is 7.55. The highest BCUT2D eigenvalue weighted by molar-refractivity contribution is 5.56. The van der Waals surface area contributed by atoms with Crippen LogP contribution in [0.2, 0.25) is 0 Å². The Morgan fingerprint density at radius 2 is 1.89 bits per heavy atom. The minimum atomic E-state index is -0.400. The maximum absolute atomic E-state index is 10.8. The lowest BCUT2D eigenvalue weighted by atomic mass is 10.1. The molecule has 142 valence electrons. The number of hydrogen-bond donors (Lipinski definition) is 0. The molecule has 0 spiro atoms. The van der Waals surface area contributed by atoms with Crippen molar-refractivity contribution >= 4 is 5.69 Å². The molecule has 3 aromatic rings. The van der Waals surface area contributed by atoms with Gasteiger partial charge in [0.05, 0.1) is 11.6 Å². The summed E-state index contributed by atoms with van der Waals surface area (Å²) >= 11 is 0. The molecule has 0 radical (unpaired) electrons. The van der Waals surface area contributed by atoms with Gasteiger partial charge in [-0.3, -0.25) is 15.0 Å². The average Bonchev–Trinajstić information content (AvgIpc) is 3.30. The fourth-order valence-corrected chi connectivity index (χ4v) is 4.15. The molecule has 2 aromatic carbocycles. The Balaban J connectivity index is 1.36. The molecular weight excluding hydrogens is 354 g/mol. The fraction of sp³-hybridized carbons (Fsp3) is 0.333. The molecule has 0 aliphatic heterocycles. The SMILES string of the molecule is O=[N+]([O-])c1ccc(-c2ncn(CN(C3CC3)C3CCc4ccccc43)n2)cc1. The summed E-state index contributed by atoms with van der Waals surface area (Å²) < 4.78 is 1.88. The summed E-state index contributed by atoms with van der Waals surface area (Å²) in [5, 5.41) is 15.4. The number of nitro groups is 1. The first kappa shape index (κ1) is 17.1. The number of rotatable bonds is 6. The summed E-state index contributed by atoms with van der Waals surface area (Å²) in [6, 6.07) is 16.2. The average molecular weight is 375 g/mol. The van der Waals surface area contributed by atoms with E-state index in [0.29, 0.717) is 24.6 Å². The van der Waals surface area contributed by atoms with Crippen LogP contribution in [0.5, 0.6) is 0 Å². The Hall–Kier alpha value is -3.06. The fourth-order valence-electron chi connectivity index (χ4n) is 4.15. The van der Waals surface area contributed by atoms with Crippen LogP contribution in [0.1, 0.15) is 36.4 Å². The van der Waals surface area contributed by atoms with Gasteiger partial charge in [-0.05, 0) is 48.9 Å². The summed E-state index contributed by atoms with van der Waals surface area (Å²) in [4.78, 5) is 17.4. The molecule has 5 rings (SSSR count). The lowest BCUT2D eigenvalue weighted by Crippen LogP contribution is -2.32. The topological polar surface area (TPSA) is 77.1 Å². The quantitative estimate of drug-likeness (QED) is 0.481. The van der Waals surface area contributed by atoms with Crippen molar-refractivity contribution in [2.75, 3.05) is 0 Å². The van der Waals surface area contributed by atoms with Gasteiger partial charge in [0, 0.05) is 29.8 Å². The number of aryl methyl sites for hydroxylation is 1. The Kier molecular flexibility index (Phi) is 4.16. The van der Waals surface area contributed by atoms with E-state index in [-0.39, 0.29) is 5.69 Å². The highest BCUT2D eigenvalue weighted by atomic mass is 16.6. The Morgan fingerprint density at radius 3 is 2.64 bits per heavy atom. The van der Waals surface area contributed by atoms with Gasteiger partial charge in [-0.25, -0.2) is 9.67 Å². The van der Waals surface area contributed by atoms with E-state index < -0.39 is 4.92 Å². The van der Waals surface area contributed by atoms with E-state index in [1.807, 2.05) is 4.68 Å². The van der Waals surface area contributed by atoms with E-state index in [9.17, 15) is 10.1 Å².